The van der Waals surface area contributed by atoms with Gasteiger partial charge in [-0.1, -0.05) is 0 Å². The van der Waals surface area contributed by atoms with Crippen LogP contribution < -0.4 is 14.2 Å². The van der Waals surface area contributed by atoms with Crippen LogP contribution in [0.1, 0.15) is 44.5 Å². The zero-order valence-corrected chi connectivity index (χ0v) is 18.4. The van der Waals surface area contributed by atoms with Crippen LogP contribution >= 0.6 is 0 Å². The lowest BCUT2D eigenvalue weighted by atomic mass is 9.79. The van der Waals surface area contributed by atoms with Crippen molar-refractivity contribution in [1.29, 1.82) is 5.26 Å². The van der Waals surface area contributed by atoms with Crippen molar-refractivity contribution in [3.63, 3.8) is 0 Å². The first-order chi connectivity index (χ1) is 15.4. The maximum absolute atomic E-state index is 9.27. The summed E-state index contributed by atoms with van der Waals surface area (Å²) in [6, 6.07) is 15.3. The van der Waals surface area contributed by atoms with E-state index in [9.17, 15) is 5.26 Å². The number of nitriles is 1. The maximum atomic E-state index is 9.27. The largest absolute Gasteiger partial charge is 0.487 e. The Morgan fingerprint density at radius 3 is 2.56 bits per heavy atom. The molecule has 0 bridgehead atoms. The Morgan fingerprint density at radius 1 is 1.06 bits per heavy atom. The van der Waals surface area contributed by atoms with Crippen LogP contribution in [-0.4, -0.2) is 16.1 Å². The first-order valence-electron chi connectivity index (χ1n) is 10.5. The molecule has 1 N–H and O–H groups in total. The minimum absolute atomic E-state index is 0.0301. The lowest BCUT2D eigenvalue weighted by Crippen LogP contribution is -2.24. The van der Waals surface area contributed by atoms with Crippen LogP contribution in [0.2, 0.25) is 0 Å². The van der Waals surface area contributed by atoms with Crippen LogP contribution in [-0.2, 0) is 5.41 Å². The minimum Gasteiger partial charge on any atom is -0.487 e. The molecule has 0 saturated carbocycles. The molecule has 0 aliphatic carbocycles. The van der Waals surface area contributed by atoms with Crippen LogP contribution in [0, 0.1) is 11.3 Å². The first-order valence-corrected chi connectivity index (χ1v) is 10.5. The van der Waals surface area contributed by atoms with Gasteiger partial charge >= 0.3 is 0 Å². The average Bonchev–Trinajstić information content (AvgIpc) is 3.14. The third kappa shape index (κ3) is 3.23. The maximum Gasteiger partial charge on any atom is 0.169 e. The Labute approximate surface area is 186 Å². The second kappa shape index (κ2) is 7.31. The van der Waals surface area contributed by atoms with Gasteiger partial charge in [-0.15, -0.1) is 0 Å². The molecule has 4 aromatic rings. The quantitative estimate of drug-likeness (QED) is 0.407. The highest BCUT2D eigenvalue weighted by atomic mass is 16.5. The number of nitrogens with one attached hydrogen (secondary N) is 1. The molecule has 1 aliphatic rings. The molecule has 6 heteroatoms. The normalized spacial score (nSPS) is 13.8. The van der Waals surface area contributed by atoms with Crippen LogP contribution in [0.5, 0.6) is 28.7 Å². The number of benzene rings is 2. The molecule has 0 unspecified atom stereocenters. The number of fused-ring (bicyclic) bond motifs is 4. The predicted octanol–water partition coefficient (Wildman–Crippen LogP) is 6.45. The highest BCUT2D eigenvalue weighted by Crippen LogP contribution is 2.53. The fourth-order valence-electron chi connectivity index (χ4n) is 4.11. The number of hydrogen-bond acceptors (Lipinski definition) is 5. The first kappa shape index (κ1) is 20.0. The van der Waals surface area contributed by atoms with Crippen molar-refractivity contribution in [1.82, 2.24) is 9.97 Å². The summed E-state index contributed by atoms with van der Waals surface area (Å²) >= 11 is 0. The van der Waals surface area contributed by atoms with Gasteiger partial charge in [0.05, 0.1) is 28.9 Å². The number of H-pyrrole nitrogens is 1. The summed E-state index contributed by atoms with van der Waals surface area (Å²) in [6.45, 7) is 8.25. The molecule has 6 nitrogen and oxygen atoms in total. The number of hydrogen-bond donors (Lipinski definition) is 1. The highest BCUT2D eigenvalue weighted by Gasteiger charge is 2.38. The van der Waals surface area contributed by atoms with E-state index in [2.05, 4.69) is 29.9 Å². The zero-order valence-electron chi connectivity index (χ0n) is 18.4. The van der Waals surface area contributed by atoms with Gasteiger partial charge in [0.25, 0.3) is 0 Å². The Balaban J connectivity index is 1.66. The Kier molecular flexibility index (Phi) is 4.56. The Hall–Kier alpha value is -3.98. The summed E-state index contributed by atoms with van der Waals surface area (Å²) in [5.41, 5.74) is 3.04. The van der Waals surface area contributed by atoms with E-state index >= 15 is 0 Å². The second-order valence-corrected chi connectivity index (χ2v) is 8.68. The molecule has 0 saturated heterocycles. The lowest BCUT2D eigenvalue weighted by molar-refractivity contribution is 0.232. The SMILES string of the molecule is CC(C)Oc1cc2c(cc1Oc1ccncc1)C(C)(C)c1[nH]c3cc(C#N)ccc3c1O2. The molecule has 0 fully saturated rings. The van der Waals surface area contributed by atoms with E-state index in [-0.39, 0.29) is 11.5 Å². The van der Waals surface area contributed by atoms with Crippen molar-refractivity contribution in [3.8, 4) is 34.8 Å². The van der Waals surface area contributed by atoms with Gasteiger partial charge in [0.15, 0.2) is 17.2 Å². The summed E-state index contributed by atoms with van der Waals surface area (Å²) in [5, 5.41) is 10.2. The summed E-state index contributed by atoms with van der Waals surface area (Å²) < 4.78 is 18.7. The smallest absolute Gasteiger partial charge is 0.169 e. The van der Waals surface area contributed by atoms with Crippen LogP contribution in [0.4, 0.5) is 0 Å². The van der Waals surface area contributed by atoms with Gasteiger partial charge in [0, 0.05) is 34.8 Å². The van der Waals surface area contributed by atoms with E-state index < -0.39 is 0 Å². The van der Waals surface area contributed by atoms with Crippen molar-refractivity contribution < 1.29 is 14.2 Å². The van der Waals surface area contributed by atoms with E-state index in [1.807, 2.05) is 50.2 Å². The molecule has 0 radical (unpaired) electrons. The summed E-state index contributed by atoms with van der Waals surface area (Å²) in [7, 11) is 0. The molecule has 2 aromatic heterocycles. The molecule has 3 heterocycles. The standard InChI is InChI=1S/C26H23N3O3/c1-15(2)30-23-13-21-19(12-22(23)31-17-7-9-28-10-8-17)26(3,4)25-24(32-21)18-6-5-16(14-27)11-20(18)29-25/h5-13,15,29H,1-4H3. The molecule has 0 amide bonds. The number of nitrogens with zero attached hydrogens (tertiary/aromatic N) is 2. The average molecular weight is 425 g/mol. The number of aromatic amines is 1. The topological polar surface area (TPSA) is 80.2 Å². The minimum atomic E-state index is -0.387. The molecule has 160 valence electrons. The number of aromatic nitrogens is 2. The molecule has 1 aliphatic heterocycles. The van der Waals surface area contributed by atoms with Crippen molar-refractivity contribution in [2.24, 2.45) is 0 Å². The summed E-state index contributed by atoms with van der Waals surface area (Å²) in [4.78, 5) is 7.54. The van der Waals surface area contributed by atoms with Gasteiger partial charge in [-0.05, 0) is 64.1 Å². The highest BCUT2D eigenvalue weighted by molar-refractivity contribution is 5.90. The third-order valence-corrected chi connectivity index (χ3v) is 5.68. The van der Waals surface area contributed by atoms with Gasteiger partial charge < -0.3 is 19.2 Å². The van der Waals surface area contributed by atoms with Gasteiger partial charge in [-0.3, -0.25) is 4.98 Å². The Bertz CT molecular complexity index is 1360. The zero-order chi connectivity index (χ0) is 22.5. The molecular weight excluding hydrogens is 402 g/mol. The van der Waals surface area contributed by atoms with Crippen molar-refractivity contribution >= 4 is 10.9 Å². The lowest BCUT2D eigenvalue weighted by Gasteiger charge is -2.33. The number of ether oxygens (including phenoxy) is 3. The summed E-state index contributed by atoms with van der Waals surface area (Å²) in [6.07, 6.45) is 3.35. The third-order valence-electron chi connectivity index (χ3n) is 5.68. The number of pyridine rings is 1. The molecule has 5 rings (SSSR count). The van der Waals surface area contributed by atoms with Gasteiger partial charge in [0.1, 0.15) is 11.5 Å². The van der Waals surface area contributed by atoms with Crippen LogP contribution in [0.3, 0.4) is 0 Å². The van der Waals surface area contributed by atoms with Crippen LogP contribution in [0.15, 0.2) is 54.9 Å². The predicted molar refractivity (Wildman–Crippen MR) is 122 cm³/mol. The number of rotatable bonds is 4. The second-order valence-electron chi connectivity index (χ2n) is 8.68. The van der Waals surface area contributed by atoms with Crippen molar-refractivity contribution in [3.05, 3.63) is 71.7 Å². The molecule has 0 atom stereocenters. The van der Waals surface area contributed by atoms with Gasteiger partial charge in [-0.25, -0.2) is 0 Å². The van der Waals surface area contributed by atoms with Gasteiger partial charge in [0.2, 0.25) is 0 Å². The molecule has 32 heavy (non-hydrogen) atoms. The molecular formula is C26H23N3O3. The fraction of sp³-hybridized carbons (Fsp3) is 0.231. The van der Waals surface area contributed by atoms with E-state index in [1.54, 1.807) is 18.5 Å². The molecule has 2 aromatic carbocycles. The van der Waals surface area contributed by atoms with E-state index in [0.29, 0.717) is 22.8 Å². The summed E-state index contributed by atoms with van der Waals surface area (Å²) in [5.74, 6) is 3.41. The van der Waals surface area contributed by atoms with E-state index in [1.165, 1.54) is 0 Å². The van der Waals surface area contributed by atoms with E-state index in [4.69, 9.17) is 14.2 Å². The van der Waals surface area contributed by atoms with Crippen molar-refractivity contribution in [2.75, 3.05) is 0 Å². The van der Waals surface area contributed by atoms with E-state index in [0.717, 1.165) is 33.7 Å². The molecule has 0 spiro atoms. The van der Waals surface area contributed by atoms with Crippen LogP contribution in [0.25, 0.3) is 10.9 Å². The monoisotopic (exact) mass is 425 g/mol. The Morgan fingerprint density at radius 2 is 1.84 bits per heavy atom. The van der Waals surface area contributed by atoms with Gasteiger partial charge in [-0.2, -0.15) is 5.26 Å². The fourth-order valence-corrected chi connectivity index (χ4v) is 4.11. The van der Waals surface area contributed by atoms with Crippen molar-refractivity contribution in [2.45, 2.75) is 39.2 Å².